The summed E-state index contributed by atoms with van der Waals surface area (Å²) >= 11 is 7.51. The molecular weight excluding hydrogens is 230 g/mol. The fraction of sp³-hybridized carbons (Fsp3) is 0.400. The van der Waals surface area contributed by atoms with Gasteiger partial charge in [-0.2, -0.15) is 0 Å². The molecule has 0 fully saturated rings. The predicted octanol–water partition coefficient (Wildman–Crippen LogP) is 3.32. The van der Waals surface area contributed by atoms with Crippen LogP contribution in [0.5, 0.6) is 0 Å². The summed E-state index contributed by atoms with van der Waals surface area (Å²) in [7, 11) is 1.89. The number of halogens is 1. The second kappa shape index (κ2) is 3.94. The minimum atomic E-state index is 0.457. The average Bonchev–Trinajstić information content (AvgIpc) is 2.76. The molecule has 0 N–H and O–H groups in total. The van der Waals surface area contributed by atoms with Crippen LogP contribution in [0.2, 0.25) is 5.28 Å². The summed E-state index contributed by atoms with van der Waals surface area (Å²) in [6, 6.07) is 0. The minimum absolute atomic E-state index is 0.457. The summed E-state index contributed by atoms with van der Waals surface area (Å²) < 4.78 is 1.84. The molecule has 0 saturated carbocycles. The molecule has 0 atom stereocenters. The van der Waals surface area contributed by atoms with E-state index >= 15 is 0 Å². The summed E-state index contributed by atoms with van der Waals surface area (Å²) in [5, 5.41) is 3.55. The Morgan fingerprint density at radius 3 is 2.67 bits per heavy atom. The van der Waals surface area contributed by atoms with Crippen molar-refractivity contribution in [1.29, 1.82) is 0 Å². The van der Waals surface area contributed by atoms with Crippen LogP contribution in [0.15, 0.2) is 11.6 Å². The molecule has 0 radical (unpaired) electrons. The Bertz CT molecular complexity index is 473. The average molecular weight is 242 g/mol. The molecule has 2 heterocycles. The van der Waals surface area contributed by atoms with E-state index in [2.05, 4.69) is 29.2 Å². The molecule has 5 heteroatoms. The highest BCUT2D eigenvalue weighted by molar-refractivity contribution is 7.13. The van der Waals surface area contributed by atoms with Crippen molar-refractivity contribution in [2.75, 3.05) is 0 Å². The third-order valence-corrected chi connectivity index (χ3v) is 3.50. The molecule has 3 nitrogen and oxygen atoms in total. The SMILES string of the molecule is CC(C)c1csc(-c2cnc(Cl)n2C)n1. The first-order valence-corrected chi connectivity index (χ1v) is 5.98. The molecule has 0 aliphatic rings. The lowest BCUT2D eigenvalue weighted by molar-refractivity contribution is 0.831. The van der Waals surface area contributed by atoms with Gasteiger partial charge in [0, 0.05) is 12.4 Å². The van der Waals surface area contributed by atoms with Crippen LogP contribution in [0.4, 0.5) is 0 Å². The van der Waals surface area contributed by atoms with Crippen molar-refractivity contribution in [2.24, 2.45) is 7.05 Å². The molecule has 2 aromatic heterocycles. The Morgan fingerprint density at radius 1 is 1.47 bits per heavy atom. The quantitative estimate of drug-likeness (QED) is 0.808. The molecule has 0 aromatic carbocycles. The molecule has 0 aliphatic carbocycles. The van der Waals surface area contributed by atoms with Crippen LogP contribution in [0, 0.1) is 0 Å². The Labute approximate surface area is 97.8 Å². The van der Waals surface area contributed by atoms with Gasteiger partial charge in [-0.15, -0.1) is 11.3 Å². The lowest BCUT2D eigenvalue weighted by Gasteiger charge is -1.99. The number of thiazole rings is 1. The van der Waals surface area contributed by atoms with Gasteiger partial charge in [0.2, 0.25) is 5.28 Å². The summed E-state index contributed by atoms with van der Waals surface area (Å²) in [5.74, 6) is 0.457. The third kappa shape index (κ3) is 1.92. The highest BCUT2D eigenvalue weighted by Crippen LogP contribution is 2.27. The van der Waals surface area contributed by atoms with E-state index in [0.29, 0.717) is 11.2 Å². The number of hydrogen-bond acceptors (Lipinski definition) is 3. The molecule has 0 aliphatic heterocycles. The monoisotopic (exact) mass is 241 g/mol. The Morgan fingerprint density at radius 2 is 2.20 bits per heavy atom. The molecule has 80 valence electrons. The van der Waals surface area contributed by atoms with Crippen molar-refractivity contribution in [3.63, 3.8) is 0 Å². The van der Waals surface area contributed by atoms with E-state index in [0.717, 1.165) is 16.4 Å². The standard InChI is InChI=1S/C10H12ClN3S/c1-6(2)7-5-15-9(13-7)8-4-12-10(11)14(8)3/h4-6H,1-3H3. The molecule has 0 spiro atoms. The molecular formula is C10H12ClN3S. The maximum Gasteiger partial charge on any atom is 0.202 e. The van der Waals surface area contributed by atoms with E-state index in [9.17, 15) is 0 Å². The first kappa shape index (κ1) is 10.6. The van der Waals surface area contributed by atoms with Gasteiger partial charge in [0.1, 0.15) is 5.01 Å². The minimum Gasteiger partial charge on any atom is -0.316 e. The van der Waals surface area contributed by atoms with E-state index in [-0.39, 0.29) is 0 Å². The van der Waals surface area contributed by atoms with Crippen molar-refractivity contribution in [3.05, 3.63) is 22.6 Å². The van der Waals surface area contributed by atoms with Crippen LogP contribution < -0.4 is 0 Å². The summed E-state index contributed by atoms with van der Waals surface area (Å²) in [4.78, 5) is 8.59. The van der Waals surface area contributed by atoms with Crippen LogP contribution in [0.3, 0.4) is 0 Å². The van der Waals surface area contributed by atoms with E-state index < -0.39 is 0 Å². The van der Waals surface area contributed by atoms with Crippen molar-refractivity contribution in [3.8, 4) is 10.7 Å². The zero-order chi connectivity index (χ0) is 11.0. The molecule has 0 unspecified atom stereocenters. The zero-order valence-electron chi connectivity index (χ0n) is 8.86. The van der Waals surface area contributed by atoms with Gasteiger partial charge in [-0.25, -0.2) is 9.97 Å². The molecule has 15 heavy (non-hydrogen) atoms. The molecule has 0 bridgehead atoms. The second-order valence-corrected chi connectivity index (χ2v) is 4.90. The Kier molecular flexibility index (Phi) is 2.80. The van der Waals surface area contributed by atoms with Crippen molar-refractivity contribution in [1.82, 2.24) is 14.5 Å². The fourth-order valence-corrected chi connectivity index (χ4v) is 2.42. The number of hydrogen-bond donors (Lipinski definition) is 0. The van der Waals surface area contributed by atoms with Gasteiger partial charge in [-0.05, 0) is 17.5 Å². The van der Waals surface area contributed by atoms with Crippen LogP contribution in [0.25, 0.3) is 10.7 Å². The normalized spacial score (nSPS) is 11.3. The van der Waals surface area contributed by atoms with Gasteiger partial charge in [0.15, 0.2) is 0 Å². The smallest absolute Gasteiger partial charge is 0.202 e. The molecule has 0 amide bonds. The summed E-state index contributed by atoms with van der Waals surface area (Å²) in [6.07, 6.45) is 1.76. The third-order valence-electron chi connectivity index (χ3n) is 2.26. The van der Waals surface area contributed by atoms with Crippen molar-refractivity contribution < 1.29 is 0 Å². The van der Waals surface area contributed by atoms with Gasteiger partial charge in [-0.3, -0.25) is 0 Å². The second-order valence-electron chi connectivity index (χ2n) is 3.70. The number of nitrogens with zero attached hydrogens (tertiary/aromatic N) is 3. The number of aromatic nitrogens is 3. The summed E-state index contributed by atoms with van der Waals surface area (Å²) in [5.41, 5.74) is 2.09. The topological polar surface area (TPSA) is 30.7 Å². The van der Waals surface area contributed by atoms with Crippen LogP contribution in [0.1, 0.15) is 25.5 Å². The van der Waals surface area contributed by atoms with Gasteiger partial charge in [-0.1, -0.05) is 13.8 Å². The lowest BCUT2D eigenvalue weighted by atomic mass is 10.2. The van der Waals surface area contributed by atoms with Gasteiger partial charge >= 0.3 is 0 Å². The molecule has 2 aromatic rings. The van der Waals surface area contributed by atoms with E-state index in [4.69, 9.17) is 11.6 Å². The Hall–Kier alpha value is -0.870. The van der Waals surface area contributed by atoms with Gasteiger partial charge in [0.05, 0.1) is 17.6 Å². The van der Waals surface area contributed by atoms with Crippen molar-refractivity contribution in [2.45, 2.75) is 19.8 Å². The van der Waals surface area contributed by atoms with Crippen LogP contribution in [-0.4, -0.2) is 14.5 Å². The van der Waals surface area contributed by atoms with E-state index in [1.807, 2.05) is 11.6 Å². The lowest BCUT2D eigenvalue weighted by Crippen LogP contribution is -1.92. The maximum absolute atomic E-state index is 5.88. The first-order valence-electron chi connectivity index (χ1n) is 4.72. The molecule has 0 saturated heterocycles. The fourth-order valence-electron chi connectivity index (χ4n) is 1.25. The number of rotatable bonds is 2. The number of imidazole rings is 1. The summed E-state index contributed by atoms with van der Waals surface area (Å²) in [6.45, 7) is 4.27. The van der Waals surface area contributed by atoms with E-state index in [1.54, 1.807) is 17.5 Å². The maximum atomic E-state index is 5.88. The highest BCUT2D eigenvalue weighted by Gasteiger charge is 2.12. The largest absolute Gasteiger partial charge is 0.316 e. The van der Waals surface area contributed by atoms with Crippen LogP contribution >= 0.6 is 22.9 Å². The Balaban J connectivity index is 2.41. The zero-order valence-corrected chi connectivity index (χ0v) is 10.4. The predicted molar refractivity (Wildman–Crippen MR) is 63.4 cm³/mol. The first-order chi connectivity index (χ1) is 7.09. The van der Waals surface area contributed by atoms with Gasteiger partial charge in [0.25, 0.3) is 0 Å². The van der Waals surface area contributed by atoms with Crippen LogP contribution in [-0.2, 0) is 7.05 Å². The van der Waals surface area contributed by atoms with E-state index in [1.165, 1.54) is 0 Å². The van der Waals surface area contributed by atoms with Crippen molar-refractivity contribution >= 4 is 22.9 Å². The molecule has 2 rings (SSSR count). The van der Waals surface area contributed by atoms with Gasteiger partial charge < -0.3 is 4.57 Å². The highest BCUT2D eigenvalue weighted by atomic mass is 35.5.